The van der Waals surface area contributed by atoms with Crippen molar-refractivity contribution in [3.05, 3.63) is 152 Å². The number of aromatic nitrogens is 3. The molecular formula is C43H25N3O. The van der Waals surface area contributed by atoms with Gasteiger partial charge in [0.25, 0.3) is 0 Å². The predicted molar refractivity (Wildman–Crippen MR) is 193 cm³/mol. The van der Waals surface area contributed by atoms with E-state index in [4.69, 9.17) is 14.4 Å². The Labute approximate surface area is 269 Å². The minimum Gasteiger partial charge on any atom is -0.456 e. The highest BCUT2D eigenvalue weighted by Gasteiger charge is 2.22. The number of nitrogens with zero attached hydrogens (tertiary/aromatic N) is 3. The Morgan fingerprint density at radius 2 is 1.19 bits per heavy atom. The maximum absolute atomic E-state index is 6.58. The lowest BCUT2D eigenvalue weighted by Crippen LogP contribution is -1.93. The van der Waals surface area contributed by atoms with Gasteiger partial charge in [0.05, 0.1) is 27.9 Å². The second-order valence-electron chi connectivity index (χ2n) is 12.0. The maximum atomic E-state index is 6.58. The Morgan fingerprint density at radius 3 is 2.11 bits per heavy atom. The van der Waals surface area contributed by atoms with Gasteiger partial charge in [-0.25, -0.2) is 9.97 Å². The molecule has 0 fully saturated rings. The van der Waals surface area contributed by atoms with E-state index in [1.54, 1.807) is 0 Å². The fourth-order valence-corrected chi connectivity index (χ4v) is 7.14. The third-order valence-electron chi connectivity index (χ3n) is 9.25. The molecule has 0 atom stereocenters. The SMILES string of the molecule is c1ccc(-c2nc3ccccc3c3c(-c4cccc(-c5ccc6ccc7cccnc7c6n5)c4)c4c(cc23)oc2ccccc24)cc1. The van der Waals surface area contributed by atoms with Crippen molar-refractivity contribution in [1.29, 1.82) is 0 Å². The van der Waals surface area contributed by atoms with Crippen LogP contribution in [0.25, 0.3) is 99.1 Å². The van der Waals surface area contributed by atoms with Crippen LogP contribution in [0.15, 0.2) is 156 Å². The number of benzene rings is 6. The first kappa shape index (κ1) is 25.9. The van der Waals surface area contributed by atoms with Crippen molar-refractivity contribution in [3.8, 4) is 33.6 Å². The van der Waals surface area contributed by atoms with E-state index in [-0.39, 0.29) is 0 Å². The average Bonchev–Trinajstić information content (AvgIpc) is 3.52. The zero-order chi connectivity index (χ0) is 30.9. The molecule has 0 unspecified atom stereocenters. The molecule has 47 heavy (non-hydrogen) atoms. The van der Waals surface area contributed by atoms with E-state index in [1.807, 2.05) is 30.5 Å². The Kier molecular flexibility index (Phi) is 5.54. The third-order valence-corrected chi connectivity index (χ3v) is 9.25. The van der Waals surface area contributed by atoms with Crippen molar-refractivity contribution in [1.82, 2.24) is 15.0 Å². The van der Waals surface area contributed by atoms with Gasteiger partial charge in [-0.3, -0.25) is 4.98 Å². The quantitative estimate of drug-likeness (QED) is 0.190. The third kappa shape index (κ3) is 3.98. The van der Waals surface area contributed by atoms with Gasteiger partial charge in [0.2, 0.25) is 0 Å². The van der Waals surface area contributed by atoms with Crippen molar-refractivity contribution in [3.63, 3.8) is 0 Å². The van der Waals surface area contributed by atoms with Crippen molar-refractivity contribution in [2.75, 3.05) is 0 Å². The number of hydrogen-bond donors (Lipinski definition) is 0. The first-order chi connectivity index (χ1) is 23.3. The molecule has 0 saturated heterocycles. The van der Waals surface area contributed by atoms with Crippen LogP contribution in [0, 0.1) is 0 Å². The van der Waals surface area contributed by atoms with Crippen LogP contribution in [0.4, 0.5) is 0 Å². The fourth-order valence-electron chi connectivity index (χ4n) is 7.14. The van der Waals surface area contributed by atoms with Gasteiger partial charge in [0, 0.05) is 60.6 Å². The summed E-state index contributed by atoms with van der Waals surface area (Å²) in [5, 5.41) is 7.67. The topological polar surface area (TPSA) is 51.8 Å². The van der Waals surface area contributed by atoms with Crippen LogP contribution in [0.1, 0.15) is 0 Å². The van der Waals surface area contributed by atoms with E-state index < -0.39 is 0 Å². The summed E-state index contributed by atoms with van der Waals surface area (Å²) in [5.74, 6) is 0. The van der Waals surface area contributed by atoms with Crippen LogP contribution in [0.3, 0.4) is 0 Å². The van der Waals surface area contributed by atoms with E-state index in [1.165, 1.54) is 0 Å². The molecule has 4 heteroatoms. The molecule has 4 heterocycles. The van der Waals surface area contributed by atoms with E-state index in [0.717, 1.165) is 99.1 Å². The predicted octanol–water partition coefficient (Wildman–Crippen LogP) is 11.4. The average molecular weight is 600 g/mol. The molecule has 0 bridgehead atoms. The molecule has 10 rings (SSSR count). The van der Waals surface area contributed by atoms with Gasteiger partial charge >= 0.3 is 0 Å². The maximum Gasteiger partial charge on any atom is 0.136 e. The molecule has 0 saturated carbocycles. The number of fused-ring (bicyclic) bond motifs is 9. The molecule has 0 radical (unpaired) electrons. The first-order valence-electron chi connectivity index (χ1n) is 15.8. The molecule has 0 aliphatic heterocycles. The van der Waals surface area contributed by atoms with Crippen LogP contribution in [0.2, 0.25) is 0 Å². The van der Waals surface area contributed by atoms with Gasteiger partial charge in [-0.1, -0.05) is 109 Å². The van der Waals surface area contributed by atoms with Crippen LogP contribution in [-0.2, 0) is 0 Å². The summed E-state index contributed by atoms with van der Waals surface area (Å²) in [7, 11) is 0. The molecule has 0 amide bonds. The van der Waals surface area contributed by atoms with Crippen LogP contribution in [-0.4, -0.2) is 15.0 Å². The number of furan rings is 1. The first-order valence-corrected chi connectivity index (χ1v) is 15.8. The Bertz CT molecular complexity index is 2850. The zero-order valence-electron chi connectivity index (χ0n) is 25.2. The van der Waals surface area contributed by atoms with Crippen LogP contribution < -0.4 is 0 Å². The second-order valence-corrected chi connectivity index (χ2v) is 12.0. The molecule has 10 aromatic rings. The highest BCUT2D eigenvalue weighted by molar-refractivity contribution is 6.27. The summed E-state index contributed by atoms with van der Waals surface area (Å²) in [6.07, 6.45) is 1.83. The summed E-state index contributed by atoms with van der Waals surface area (Å²) in [5.41, 5.74) is 10.7. The summed E-state index contributed by atoms with van der Waals surface area (Å²) in [6, 6.07) is 50.6. The van der Waals surface area contributed by atoms with Gasteiger partial charge in [0.1, 0.15) is 11.2 Å². The number of rotatable bonds is 3. The summed E-state index contributed by atoms with van der Waals surface area (Å²) in [6.45, 7) is 0. The molecule has 4 nitrogen and oxygen atoms in total. The van der Waals surface area contributed by atoms with Crippen molar-refractivity contribution in [2.24, 2.45) is 0 Å². The molecule has 0 aliphatic rings. The second kappa shape index (κ2) is 10.1. The van der Waals surface area contributed by atoms with Crippen LogP contribution in [0.5, 0.6) is 0 Å². The lowest BCUT2D eigenvalue weighted by molar-refractivity contribution is 0.669. The normalized spacial score (nSPS) is 11.8. The van der Waals surface area contributed by atoms with Crippen molar-refractivity contribution >= 4 is 65.4 Å². The van der Waals surface area contributed by atoms with Gasteiger partial charge < -0.3 is 4.42 Å². The summed E-state index contributed by atoms with van der Waals surface area (Å²) < 4.78 is 6.58. The number of pyridine rings is 3. The van der Waals surface area contributed by atoms with E-state index in [2.05, 4.69) is 126 Å². The van der Waals surface area contributed by atoms with E-state index >= 15 is 0 Å². The van der Waals surface area contributed by atoms with Gasteiger partial charge in [-0.15, -0.1) is 0 Å². The van der Waals surface area contributed by atoms with Crippen molar-refractivity contribution in [2.45, 2.75) is 0 Å². The minimum absolute atomic E-state index is 0.842. The number of hydrogen-bond acceptors (Lipinski definition) is 4. The fraction of sp³-hybridized carbons (Fsp3) is 0. The lowest BCUT2D eigenvalue weighted by Gasteiger charge is -2.16. The monoisotopic (exact) mass is 599 g/mol. The lowest BCUT2D eigenvalue weighted by atomic mass is 9.89. The molecule has 0 aliphatic carbocycles. The zero-order valence-corrected chi connectivity index (χ0v) is 25.2. The van der Waals surface area contributed by atoms with Crippen LogP contribution >= 0.6 is 0 Å². The minimum atomic E-state index is 0.842. The van der Waals surface area contributed by atoms with E-state index in [9.17, 15) is 0 Å². The summed E-state index contributed by atoms with van der Waals surface area (Å²) in [4.78, 5) is 15.1. The van der Waals surface area contributed by atoms with Crippen molar-refractivity contribution < 1.29 is 4.42 Å². The smallest absolute Gasteiger partial charge is 0.136 e. The highest BCUT2D eigenvalue weighted by Crippen LogP contribution is 2.46. The van der Waals surface area contributed by atoms with E-state index in [0.29, 0.717) is 0 Å². The molecule has 218 valence electrons. The Hall–Kier alpha value is -6.39. The summed E-state index contributed by atoms with van der Waals surface area (Å²) >= 11 is 0. The molecule has 0 N–H and O–H groups in total. The highest BCUT2D eigenvalue weighted by atomic mass is 16.3. The largest absolute Gasteiger partial charge is 0.456 e. The molecule has 4 aromatic heterocycles. The Balaban J connectivity index is 1.32. The molecular weight excluding hydrogens is 574 g/mol. The van der Waals surface area contributed by atoms with Gasteiger partial charge in [-0.2, -0.15) is 0 Å². The standard InChI is InChI=1S/C43H25N3O/c1-2-10-26(11-3-1)41-33-25-37-40(32-16-5-7-18-36(32)47-37)38(39(33)31-15-4-6-17-35(31)46-41)30-13-8-12-29(24-30)34-22-21-28-20-19-27-14-9-23-44-42(27)43(28)45-34/h1-25H. The van der Waals surface area contributed by atoms with Gasteiger partial charge in [0.15, 0.2) is 0 Å². The number of para-hydroxylation sites is 2. The Morgan fingerprint density at radius 1 is 0.447 bits per heavy atom. The molecule has 0 spiro atoms. The van der Waals surface area contributed by atoms with Gasteiger partial charge in [-0.05, 0) is 42.0 Å². The molecule has 6 aromatic carbocycles.